The summed E-state index contributed by atoms with van der Waals surface area (Å²) in [5, 5.41) is 0. The molecule has 0 saturated heterocycles. The van der Waals surface area contributed by atoms with Crippen LogP contribution in [-0.2, 0) is 6.42 Å². The highest BCUT2D eigenvalue weighted by atomic mass is 14.0. The molecule has 0 spiro atoms. The number of hydrogen-bond donors (Lipinski definition) is 0. The van der Waals surface area contributed by atoms with Crippen molar-refractivity contribution in [2.75, 3.05) is 0 Å². The summed E-state index contributed by atoms with van der Waals surface area (Å²) in [4.78, 5) is 0. The Balaban J connectivity index is 2.69. The van der Waals surface area contributed by atoms with Gasteiger partial charge in [-0.1, -0.05) is 35.9 Å². The second-order valence-electron chi connectivity index (χ2n) is 3.54. The van der Waals surface area contributed by atoms with Crippen molar-refractivity contribution in [2.45, 2.75) is 33.6 Å². The van der Waals surface area contributed by atoms with Crippen LogP contribution in [0.2, 0.25) is 0 Å². The molecule has 0 radical (unpaired) electrons. The van der Waals surface area contributed by atoms with Gasteiger partial charge in [0.15, 0.2) is 0 Å². The fourth-order valence-electron chi connectivity index (χ4n) is 1.48. The number of rotatable bonds is 3. The molecule has 13 heavy (non-hydrogen) atoms. The van der Waals surface area contributed by atoms with E-state index in [4.69, 9.17) is 0 Å². The van der Waals surface area contributed by atoms with E-state index in [0.717, 1.165) is 12.8 Å². The lowest BCUT2D eigenvalue weighted by Gasteiger charge is -2.04. The average molecular weight is 174 g/mol. The van der Waals surface area contributed by atoms with Crippen molar-refractivity contribution in [1.82, 2.24) is 0 Å². The monoisotopic (exact) mass is 174 g/mol. The lowest BCUT2D eigenvalue weighted by Crippen LogP contribution is -1.89. The molecular weight excluding hydrogens is 156 g/mol. The number of allylic oxidation sites excluding steroid dienone is 2. The van der Waals surface area contributed by atoms with Crippen LogP contribution in [0.4, 0.5) is 0 Å². The molecule has 0 heterocycles. The van der Waals surface area contributed by atoms with Crippen molar-refractivity contribution in [3.8, 4) is 0 Å². The van der Waals surface area contributed by atoms with E-state index in [1.165, 1.54) is 16.7 Å². The van der Waals surface area contributed by atoms with Crippen molar-refractivity contribution >= 4 is 0 Å². The Bertz CT molecular complexity index is 295. The molecule has 1 aromatic rings. The summed E-state index contributed by atoms with van der Waals surface area (Å²) in [6.07, 6.45) is 6.66. The number of hydrogen-bond acceptors (Lipinski definition) is 0. The molecule has 70 valence electrons. The first-order valence-corrected chi connectivity index (χ1v) is 4.91. The molecule has 0 saturated carbocycles. The molecule has 0 fully saturated rings. The molecule has 0 bridgehead atoms. The molecule has 0 unspecified atom stereocenters. The predicted octanol–water partition coefficient (Wildman–Crippen LogP) is 3.81. The summed E-state index contributed by atoms with van der Waals surface area (Å²) in [7, 11) is 0. The molecule has 0 N–H and O–H groups in total. The first-order chi connectivity index (χ1) is 6.24. The van der Waals surface area contributed by atoms with Crippen LogP contribution in [0.15, 0.2) is 30.4 Å². The van der Waals surface area contributed by atoms with E-state index in [9.17, 15) is 0 Å². The Morgan fingerprint density at radius 3 is 2.69 bits per heavy atom. The summed E-state index contributed by atoms with van der Waals surface area (Å²) in [5.41, 5.74) is 4.26. The van der Waals surface area contributed by atoms with Gasteiger partial charge in [0, 0.05) is 0 Å². The Labute approximate surface area is 81.3 Å². The zero-order chi connectivity index (χ0) is 9.68. The first-order valence-electron chi connectivity index (χ1n) is 4.91. The van der Waals surface area contributed by atoms with Crippen LogP contribution in [0.1, 0.15) is 30.0 Å². The quantitative estimate of drug-likeness (QED) is 0.611. The Kier molecular flexibility index (Phi) is 3.75. The minimum absolute atomic E-state index is 1.15. The number of benzene rings is 1. The molecule has 0 aliphatic heterocycles. The standard InChI is InChI=1S/C13H18/c1-4-5-6-7-13-10-11(2)8-9-12(13)3/h4-5,8-10H,6-7H2,1-3H3/b5-4+. The molecule has 0 atom stereocenters. The maximum absolute atomic E-state index is 2.29. The normalized spacial score (nSPS) is 11.0. The zero-order valence-corrected chi connectivity index (χ0v) is 8.80. The van der Waals surface area contributed by atoms with Crippen molar-refractivity contribution in [3.63, 3.8) is 0 Å². The van der Waals surface area contributed by atoms with Crippen LogP contribution in [-0.4, -0.2) is 0 Å². The first kappa shape index (κ1) is 10.0. The molecule has 0 heteroatoms. The van der Waals surface area contributed by atoms with Gasteiger partial charge in [0.05, 0.1) is 0 Å². The molecule has 0 aliphatic carbocycles. The zero-order valence-electron chi connectivity index (χ0n) is 8.80. The lowest BCUT2D eigenvalue weighted by atomic mass is 10.0. The largest absolute Gasteiger partial charge is 0.0917 e. The SMILES string of the molecule is C/C=C/CCc1cc(C)ccc1C. The fourth-order valence-corrected chi connectivity index (χ4v) is 1.48. The van der Waals surface area contributed by atoms with Crippen molar-refractivity contribution in [2.24, 2.45) is 0 Å². The van der Waals surface area contributed by atoms with E-state index in [2.05, 4.69) is 51.1 Å². The summed E-state index contributed by atoms with van der Waals surface area (Å²) in [6.45, 7) is 6.41. The van der Waals surface area contributed by atoms with Gasteiger partial charge in [-0.2, -0.15) is 0 Å². The van der Waals surface area contributed by atoms with E-state index in [-0.39, 0.29) is 0 Å². The van der Waals surface area contributed by atoms with Gasteiger partial charge >= 0.3 is 0 Å². The maximum atomic E-state index is 2.29. The third-order valence-electron chi connectivity index (χ3n) is 2.32. The minimum Gasteiger partial charge on any atom is -0.0917 e. The van der Waals surface area contributed by atoms with Crippen LogP contribution in [0.3, 0.4) is 0 Å². The highest BCUT2D eigenvalue weighted by Gasteiger charge is 1.96. The Morgan fingerprint density at radius 2 is 2.00 bits per heavy atom. The molecule has 0 aromatic heterocycles. The summed E-state index contributed by atoms with van der Waals surface area (Å²) >= 11 is 0. The van der Waals surface area contributed by atoms with E-state index < -0.39 is 0 Å². The Morgan fingerprint density at radius 1 is 1.23 bits per heavy atom. The van der Waals surface area contributed by atoms with Crippen LogP contribution in [0, 0.1) is 13.8 Å². The third-order valence-corrected chi connectivity index (χ3v) is 2.32. The highest BCUT2D eigenvalue weighted by Crippen LogP contribution is 2.12. The van der Waals surface area contributed by atoms with E-state index in [1.807, 2.05) is 0 Å². The van der Waals surface area contributed by atoms with Crippen LogP contribution >= 0.6 is 0 Å². The second-order valence-corrected chi connectivity index (χ2v) is 3.54. The summed E-state index contributed by atoms with van der Waals surface area (Å²) in [5.74, 6) is 0. The van der Waals surface area contributed by atoms with Gasteiger partial charge in [-0.3, -0.25) is 0 Å². The number of aryl methyl sites for hydroxylation is 3. The van der Waals surface area contributed by atoms with Crippen LogP contribution in [0.5, 0.6) is 0 Å². The van der Waals surface area contributed by atoms with Crippen molar-refractivity contribution in [3.05, 3.63) is 47.0 Å². The minimum atomic E-state index is 1.15. The van der Waals surface area contributed by atoms with E-state index >= 15 is 0 Å². The molecule has 0 amide bonds. The summed E-state index contributed by atoms with van der Waals surface area (Å²) < 4.78 is 0. The lowest BCUT2D eigenvalue weighted by molar-refractivity contribution is 0.982. The van der Waals surface area contributed by atoms with Crippen LogP contribution in [0.25, 0.3) is 0 Å². The van der Waals surface area contributed by atoms with Gasteiger partial charge in [-0.05, 0) is 44.7 Å². The topological polar surface area (TPSA) is 0 Å². The molecule has 0 nitrogen and oxygen atoms in total. The predicted molar refractivity (Wildman–Crippen MR) is 59.1 cm³/mol. The average Bonchev–Trinajstić information content (AvgIpc) is 2.11. The highest BCUT2D eigenvalue weighted by molar-refractivity contribution is 5.30. The molecule has 0 aliphatic rings. The third kappa shape index (κ3) is 3.06. The molecule has 1 rings (SSSR count). The molecule has 1 aromatic carbocycles. The fraction of sp³-hybridized carbons (Fsp3) is 0.385. The van der Waals surface area contributed by atoms with Gasteiger partial charge in [-0.15, -0.1) is 0 Å². The van der Waals surface area contributed by atoms with Crippen molar-refractivity contribution in [1.29, 1.82) is 0 Å². The van der Waals surface area contributed by atoms with Gasteiger partial charge in [-0.25, -0.2) is 0 Å². The summed E-state index contributed by atoms with van der Waals surface area (Å²) in [6, 6.07) is 6.67. The smallest absolute Gasteiger partial charge is 0.0241 e. The molecular formula is C13H18. The van der Waals surface area contributed by atoms with Crippen LogP contribution < -0.4 is 0 Å². The van der Waals surface area contributed by atoms with Gasteiger partial charge in [0.2, 0.25) is 0 Å². The van der Waals surface area contributed by atoms with E-state index in [1.54, 1.807) is 0 Å². The Hall–Kier alpha value is -1.04. The van der Waals surface area contributed by atoms with E-state index in [0.29, 0.717) is 0 Å². The van der Waals surface area contributed by atoms with Crippen molar-refractivity contribution < 1.29 is 0 Å². The van der Waals surface area contributed by atoms with Gasteiger partial charge < -0.3 is 0 Å². The maximum Gasteiger partial charge on any atom is -0.0241 e. The van der Waals surface area contributed by atoms with Gasteiger partial charge in [0.1, 0.15) is 0 Å². The second kappa shape index (κ2) is 4.86. The van der Waals surface area contributed by atoms with Gasteiger partial charge in [0.25, 0.3) is 0 Å².